The van der Waals surface area contributed by atoms with Crippen molar-refractivity contribution in [3.63, 3.8) is 0 Å². The number of nitrogens with zero attached hydrogens (tertiary/aromatic N) is 2. The first-order valence-electron chi connectivity index (χ1n) is 21.4. The molecule has 0 bridgehead atoms. The predicted molar refractivity (Wildman–Crippen MR) is 232 cm³/mol. The number of morpholine rings is 1. The Balaban J connectivity index is 0.897. The summed E-state index contributed by atoms with van der Waals surface area (Å²) < 4.78 is 39.1. The van der Waals surface area contributed by atoms with Crippen LogP contribution in [-0.2, 0) is 14.3 Å². The molecule has 4 amide bonds. The average molecular weight is 852 g/mol. The molecule has 1 unspecified atom stereocenters. The van der Waals surface area contributed by atoms with Crippen LogP contribution in [0.25, 0.3) is 0 Å². The lowest BCUT2D eigenvalue weighted by molar-refractivity contribution is -0.164. The highest BCUT2D eigenvalue weighted by molar-refractivity contribution is 6.04. The van der Waals surface area contributed by atoms with Crippen molar-refractivity contribution in [1.29, 1.82) is 0 Å². The number of carbonyl (C=O) groups is 4. The molecule has 7 rings (SSSR count). The molecule has 2 saturated carbocycles. The SMILES string of the molecule is C#Cc1ccc(OC2C(C)(C)C(NC(=O)c3ccc(N4CCOC(CN(C(C)C)C5CC(Oc6ccc(F)c(C(=O)N[C@H]7CCC(=O)NC7=O)c6)C5)C4)cc3)C2(C)C)cc1OC. The van der Waals surface area contributed by atoms with E-state index in [0.717, 1.165) is 31.6 Å². The van der Waals surface area contributed by atoms with Gasteiger partial charge in [0.25, 0.3) is 11.8 Å². The van der Waals surface area contributed by atoms with E-state index in [9.17, 15) is 23.6 Å². The predicted octanol–water partition coefficient (Wildman–Crippen LogP) is 5.49. The first kappa shape index (κ1) is 44.4. The summed E-state index contributed by atoms with van der Waals surface area (Å²) in [7, 11) is 1.58. The maximum Gasteiger partial charge on any atom is 0.255 e. The Morgan fingerprint density at radius 1 is 0.984 bits per heavy atom. The second-order valence-electron chi connectivity index (χ2n) is 18.3. The van der Waals surface area contributed by atoms with Gasteiger partial charge in [-0.15, -0.1) is 6.42 Å². The number of halogens is 1. The van der Waals surface area contributed by atoms with Crippen molar-refractivity contribution in [1.82, 2.24) is 20.9 Å². The molecule has 13 nitrogen and oxygen atoms in total. The van der Waals surface area contributed by atoms with Gasteiger partial charge in [-0.1, -0.05) is 33.6 Å². The topological polar surface area (TPSA) is 148 Å². The molecule has 330 valence electrons. The van der Waals surface area contributed by atoms with Gasteiger partial charge in [-0.2, -0.15) is 0 Å². The summed E-state index contributed by atoms with van der Waals surface area (Å²) in [4.78, 5) is 54.9. The second-order valence-corrected chi connectivity index (χ2v) is 18.3. The Bertz CT molecular complexity index is 2200. The Labute approximate surface area is 363 Å². The van der Waals surface area contributed by atoms with E-state index in [1.165, 1.54) is 18.2 Å². The molecule has 0 radical (unpaired) electrons. The molecule has 2 saturated heterocycles. The highest BCUT2D eigenvalue weighted by Crippen LogP contribution is 2.55. The van der Waals surface area contributed by atoms with Crippen LogP contribution in [-0.4, -0.2) is 104 Å². The van der Waals surface area contributed by atoms with Crippen LogP contribution in [0.3, 0.4) is 0 Å². The number of imide groups is 1. The highest BCUT2D eigenvalue weighted by Gasteiger charge is 2.64. The molecule has 3 aromatic rings. The van der Waals surface area contributed by atoms with E-state index in [-0.39, 0.29) is 71.6 Å². The van der Waals surface area contributed by atoms with Gasteiger partial charge in [-0.3, -0.25) is 29.4 Å². The molecule has 2 aliphatic carbocycles. The fraction of sp³-hybridized carbons (Fsp3) is 0.500. The number of terminal acetylenes is 1. The van der Waals surface area contributed by atoms with E-state index in [1.807, 2.05) is 42.5 Å². The molecule has 0 spiro atoms. The number of piperidine rings is 1. The van der Waals surface area contributed by atoms with Crippen LogP contribution < -0.4 is 35.1 Å². The van der Waals surface area contributed by atoms with Crippen molar-refractivity contribution in [3.05, 3.63) is 83.2 Å². The van der Waals surface area contributed by atoms with E-state index in [1.54, 1.807) is 7.11 Å². The van der Waals surface area contributed by atoms with E-state index in [0.29, 0.717) is 41.5 Å². The van der Waals surface area contributed by atoms with Gasteiger partial charge in [0.2, 0.25) is 11.8 Å². The van der Waals surface area contributed by atoms with Crippen LogP contribution >= 0.6 is 0 Å². The van der Waals surface area contributed by atoms with Crippen molar-refractivity contribution in [2.24, 2.45) is 10.8 Å². The molecule has 4 fully saturated rings. The fourth-order valence-corrected chi connectivity index (χ4v) is 9.84. The zero-order valence-corrected chi connectivity index (χ0v) is 36.6. The van der Waals surface area contributed by atoms with Crippen LogP contribution in [0.15, 0.2) is 60.7 Å². The van der Waals surface area contributed by atoms with E-state index >= 15 is 0 Å². The molecule has 62 heavy (non-hydrogen) atoms. The lowest BCUT2D eigenvalue weighted by Crippen LogP contribution is -2.74. The number of anilines is 1. The Hall–Kier alpha value is -5.65. The van der Waals surface area contributed by atoms with E-state index in [2.05, 4.69) is 73.2 Å². The molecule has 2 heterocycles. The first-order valence-corrected chi connectivity index (χ1v) is 21.4. The van der Waals surface area contributed by atoms with Crippen LogP contribution in [0.4, 0.5) is 10.1 Å². The van der Waals surface area contributed by atoms with E-state index < -0.39 is 29.6 Å². The summed E-state index contributed by atoms with van der Waals surface area (Å²) in [5.74, 6) is 1.63. The molecule has 4 aliphatic rings. The standard InChI is InChI=1S/C48H58FN5O8/c1-9-29-12-15-34(25-40(29)59-8)62-46-47(4,5)45(48(46,6)7)52-42(56)30-10-13-31(14-11-30)53-20-21-60-36(26-53)27-54(28(2)3)32-22-35(23-32)61-33-16-17-38(49)37(24-33)43(57)50-39-18-19-41(55)51-44(39)58/h1,10-17,24-25,28,32,35-36,39,45-46H,18-23,26-27H2,2-8H3,(H,50,57)(H,52,56)(H,51,55,58)/t32?,35?,36?,39-,45?,46?/m0/s1. The van der Waals surface area contributed by atoms with Crippen LogP contribution in [0.1, 0.15) is 93.5 Å². The zero-order chi connectivity index (χ0) is 44.5. The van der Waals surface area contributed by atoms with Crippen molar-refractivity contribution in [2.75, 3.05) is 38.3 Å². The molecule has 14 heteroatoms. The number of hydrogen-bond donors (Lipinski definition) is 3. The first-order chi connectivity index (χ1) is 29.5. The van der Waals surface area contributed by atoms with Crippen LogP contribution in [0.5, 0.6) is 17.2 Å². The Kier molecular flexibility index (Phi) is 12.9. The fourth-order valence-electron chi connectivity index (χ4n) is 9.84. The van der Waals surface area contributed by atoms with Crippen molar-refractivity contribution in [2.45, 2.75) is 110 Å². The maximum atomic E-state index is 14.7. The van der Waals surface area contributed by atoms with E-state index in [4.69, 9.17) is 25.4 Å². The lowest BCUT2D eigenvalue weighted by atomic mass is 9.49. The molecular weight excluding hydrogens is 794 g/mol. The van der Waals surface area contributed by atoms with Crippen LogP contribution in [0.2, 0.25) is 0 Å². The third kappa shape index (κ3) is 9.25. The van der Waals surface area contributed by atoms with Crippen LogP contribution in [0, 0.1) is 29.0 Å². The monoisotopic (exact) mass is 851 g/mol. The average Bonchev–Trinajstić information content (AvgIpc) is 3.23. The van der Waals surface area contributed by atoms with Gasteiger partial charge in [-0.05, 0) is 74.9 Å². The quantitative estimate of drug-likeness (QED) is 0.141. The number of nitrogens with one attached hydrogen (secondary N) is 3. The number of carbonyl (C=O) groups excluding carboxylic acids is 4. The second kappa shape index (κ2) is 18.0. The summed E-state index contributed by atoms with van der Waals surface area (Å²) >= 11 is 0. The Morgan fingerprint density at radius 3 is 2.34 bits per heavy atom. The molecular formula is C48H58FN5O8. The van der Waals surface area contributed by atoms with Gasteiger partial charge in [-0.25, -0.2) is 4.39 Å². The van der Waals surface area contributed by atoms with Gasteiger partial charge in [0, 0.05) is 85.2 Å². The maximum absolute atomic E-state index is 14.7. The van der Waals surface area contributed by atoms with Gasteiger partial charge in [0.1, 0.15) is 41.3 Å². The summed E-state index contributed by atoms with van der Waals surface area (Å²) in [6.07, 6.45) is 7.05. The third-order valence-corrected chi connectivity index (χ3v) is 13.0. The van der Waals surface area contributed by atoms with Crippen molar-refractivity contribution < 1.29 is 42.5 Å². The molecule has 2 aliphatic heterocycles. The molecule has 2 atom stereocenters. The number of hydrogen-bond acceptors (Lipinski definition) is 10. The number of methoxy groups -OCH3 is 1. The molecule has 3 aromatic carbocycles. The summed E-state index contributed by atoms with van der Waals surface area (Å²) in [6.45, 7) is 15.5. The smallest absolute Gasteiger partial charge is 0.255 e. The zero-order valence-electron chi connectivity index (χ0n) is 36.6. The minimum absolute atomic E-state index is 0.0359. The lowest BCUT2D eigenvalue weighted by Gasteiger charge is -2.63. The summed E-state index contributed by atoms with van der Waals surface area (Å²) in [6, 6.07) is 16.7. The van der Waals surface area contributed by atoms with Gasteiger partial charge in [0.05, 0.1) is 30.9 Å². The minimum atomic E-state index is -0.913. The van der Waals surface area contributed by atoms with Gasteiger partial charge < -0.3 is 34.5 Å². The number of ether oxygens (including phenoxy) is 4. The molecule has 3 N–H and O–H groups in total. The number of rotatable bonds is 14. The minimum Gasteiger partial charge on any atom is -0.495 e. The number of amides is 4. The summed E-state index contributed by atoms with van der Waals surface area (Å²) in [5.41, 5.74) is 1.33. The largest absolute Gasteiger partial charge is 0.495 e. The molecule has 0 aromatic heterocycles. The normalized spacial score (nSPS) is 25.1. The number of benzene rings is 3. The summed E-state index contributed by atoms with van der Waals surface area (Å²) in [5, 5.41) is 8.02. The third-order valence-electron chi connectivity index (χ3n) is 13.0. The van der Waals surface area contributed by atoms with Crippen molar-refractivity contribution in [3.8, 4) is 29.6 Å². The van der Waals surface area contributed by atoms with Gasteiger partial charge >= 0.3 is 0 Å². The van der Waals surface area contributed by atoms with Crippen molar-refractivity contribution >= 4 is 29.3 Å². The Morgan fingerprint density at radius 2 is 1.68 bits per heavy atom. The highest BCUT2D eigenvalue weighted by atomic mass is 19.1. The van der Waals surface area contributed by atoms with Gasteiger partial charge in [0.15, 0.2) is 0 Å².